The third-order valence-corrected chi connectivity index (χ3v) is 4.61. The predicted molar refractivity (Wildman–Crippen MR) is 95.6 cm³/mol. The molecule has 0 saturated carbocycles. The van der Waals surface area contributed by atoms with E-state index < -0.39 is 29.2 Å². The molecule has 146 valence electrons. The van der Waals surface area contributed by atoms with Crippen molar-refractivity contribution >= 4 is 33.2 Å². The van der Waals surface area contributed by atoms with E-state index in [1.54, 1.807) is 12.1 Å². The normalized spacial score (nSPS) is 19.5. The molecule has 7 nitrogen and oxygen atoms in total. The van der Waals surface area contributed by atoms with Crippen molar-refractivity contribution in [1.82, 2.24) is 5.01 Å². The summed E-state index contributed by atoms with van der Waals surface area (Å²) in [5, 5.41) is 24.7. The first-order chi connectivity index (χ1) is 13.0. The molecule has 0 saturated heterocycles. The van der Waals surface area contributed by atoms with Gasteiger partial charge in [-0.15, -0.1) is 0 Å². The number of hydrogen-bond donors (Lipinski definition) is 1. The van der Waals surface area contributed by atoms with Crippen LogP contribution >= 0.6 is 15.9 Å². The van der Waals surface area contributed by atoms with Crippen LogP contribution < -0.4 is 0 Å². The summed E-state index contributed by atoms with van der Waals surface area (Å²) < 4.78 is 41.4. The molecule has 2 aromatic rings. The zero-order chi connectivity index (χ0) is 20.7. The second-order valence-corrected chi connectivity index (χ2v) is 6.88. The number of non-ortho nitro benzene ring substituents is 1. The molecule has 2 aromatic carbocycles. The number of amides is 1. The molecule has 0 aliphatic carbocycles. The number of nitro benzene ring substituents is 1. The lowest BCUT2D eigenvalue weighted by Gasteiger charge is -2.32. The van der Waals surface area contributed by atoms with Crippen LogP contribution in [0.5, 0.6) is 0 Å². The fourth-order valence-corrected chi connectivity index (χ4v) is 3.06. The van der Waals surface area contributed by atoms with Gasteiger partial charge in [-0.2, -0.15) is 23.3 Å². The molecule has 0 spiro atoms. The topological polar surface area (TPSA) is 96.0 Å². The van der Waals surface area contributed by atoms with Gasteiger partial charge >= 0.3 is 6.18 Å². The maximum atomic E-state index is 13.6. The second kappa shape index (κ2) is 6.99. The Kier molecular flexibility index (Phi) is 4.98. The highest BCUT2D eigenvalue weighted by molar-refractivity contribution is 9.10. The average Bonchev–Trinajstić information content (AvgIpc) is 3.00. The fourth-order valence-electron chi connectivity index (χ4n) is 2.66. The molecular formula is C17H11BrF3N3O4. The maximum Gasteiger partial charge on any atom is 0.438 e. The lowest BCUT2D eigenvalue weighted by molar-refractivity contribution is -0.384. The van der Waals surface area contributed by atoms with Crippen LogP contribution in [0.15, 0.2) is 58.1 Å². The van der Waals surface area contributed by atoms with Crippen molar-refractivity contribution in [3.05, 3.63) is 74.2 Å². The molecule has 1 aliphatic heterocycles. The summed E-state index contributed by atoms with van der Waals surface area (Å²) in [4.78, 5) is 22.6. The molecule has 28 heavy (non-hydrogen) atoms. The van der Waals surface area contributed by atoms with Crippen molar-refractivity contribution in [1.29, 1.82) is 0 Å². The Bertz CT molecular complexity index is 978. The van der Waals surface area contributed by atoms with Gasteiger partial charge in [0.2, 0.25) is 0 Å². The van der Waals surface area contributed by atoms with Gasteiger partial charge in [0, 0.05) is 22.2 Å². The van der Waals surface area contributed by atoms with Crippen molar-refractivity contribution in [2.75, 3.05) is 0 Å². The first kappa shape index (κ1) is 20.0. The summed E-state index contributed by atoms with van der Waals surface area (Å²) in [6.45, 7) is 0. The Morgan fingerprint density at radius 1 is 1.25 bits per heavy atom. The van der Waals surface area contributed by atoms with E-state index >= 15 is 0 Å². The Hall–Kier alpha value is -2.79. The van der Waals surface area contributed by atoms with Crippen LogP contribution in [0.1, 0.15) is 22.3 Å². The van der Waals surface area contributed by atoms with Gasteiger partial charge in [-0.05, 0) is 29.8 Å². The van der Waals surface area contributed by atoms with Gasteiger partial charge in [0.05, 0.1) is 17.1 Å². The summed E-state index contributed by atoms with van der Waals surface area (Å²) in [6, 6.07) is 10.2. The molecule has 0 radical (unpaired) electrons. The van der Waals surface area contributed by atoms with Crippen molar-refractivity contribution in [2.24, 2.45) is 5.10 Å². The van der Waals surface area contributed by atoms with Crippen LogP contribution in [-0.4, -0.2) is 38.6 Å². The number of hydrazone groups is 1. The minimum absolute atomic E-state index is 0.0234. The largest absolute Gasteiger partial charge is 0.438 e. The number of aliphatic hydroxyl groups is 1. The molecule has 1 aliphatic rings. The molecule has 11 heteroatoms. The van der Waals surface area contributed by atoms with E-state index in [0.29, 0.717) is 10.0 Å². The number of hydrogen-bond acceptors (Lipinski definition) is 5. The monoisotopic (exact) mass is 457 g/mol. The molecule has 0 bridgehead atoms. The van der Waals surface area contributed by atoms with E-state index in [9.17, 15) is 33.2 Å². The summed E-state index contributed by atoms with van der Waals surface area (Å²) in [7, 11) is 0. The van der Waals surface area contributed by atoms with E-state index in [1.807, 2.05) is 0 Å². The van der Waals surface area contributed by atoms with Gasteiger partial charge < -0.3 is 5.11 Å². The molecule has 1 unspecified atom stereocenters. The van der Waals surface area contributed by atoms with Crippen molar-refractivity contribution in [3.8, 4) is 0 Å². The van der Waals surface area contributed by atoms with Crippen LogP contribution in [0, 0.1) is 10.1 Å². The van der Waals surface area contributed by atoms with Crippen molar-refractivity contribution < 1.29 is 28.0 Å². The number of benzene rings is 2. The SMILES string of the molecule is O=C(c1ccc([N+](=O)[O-])cc1)N1N=C(c2cccc(Br)c2)CC1(O)C(F)(F)F. The molecular weight excluding hydrogens is 447 g/mol. The number of carbonyl (C=O) groups is 1. The summed E-state index contributed by atoms with van der Waals surface area (Å²) >= 11 is 3.20. The third kappa shape index (κ3) is 3.50. The average molecular weight is 458 g/mol. The summed E-state index contributed by atoms with van der Waals surface area (Å²) in [5.41, 5.74) is -3.98. The number of nitro groups is 1. The zero-order valence-electron chi connectivity index (χ0n) is 13.9. The van der Waals surface area contributed by atoms with Gasteiger partial charge in [-0.3, -0.25) is 14.9 Å². The second-order valence-electron chi connectivity index (χ2n) is 5.97. The van der Waals surface area contributed by atoms with E-state index in [1.165, 1.54) is 12.1 Å². The van der Waals surface area contributed by atoms with Crippen LogP contribution in [-0.2, 0) is 0 Å². The Morgan fingerprint density at radius 3 is 2.43 bits per heavy atom. The lowest BCUT2D eigenvalue weighted by atomic mass is 10.0. The van der Waals surface area contributed by atoms with Gasteiger partial charge in [0.1, 0.15) is 0 Å². The van der Waals surface area contributed by atoms with E-state index in [4.69, 9.17) is 0 Å². The van der Waals surface area contributed by atoms with Crippen molar-refractivity contribution in [3.63, 3.8) is 0 Å². The standard InChI is InChI=1S/C17H11BrF3N3O4/c18-12-3-1-2-11(8-12)14-9-16(26,17(19,20)21)23(22-14)15(25)10-4-6-13(7-5-10)24(27)28/h1-8,26H,9H2. The Balaban J connectivity index is 2.03. The number of rotatable bonds is 3. The van der Waals surface area contributed by atoms with E-state index in [0.717, 1.165) is 24.3 Å². The number of halogens is 4. The van der Waals surface area contributed by atoms with E-state index in [-0.39, 0.29) is 22.0 Å². The number of carbonyl (C=O) groups excluding carboxylic acids is 1. The van der Waals surface area contributed by atoms with Crippen LogP contribution in [0.3, 0.4) is 0 Å². The molecule has 1 atom stereocenters. The number of nitrogens with zero attached hydrogens (tertiary/aromatic N) is 3. The van der Waals surface area contributed by atoms with Gasteiger partial charge in [0.15, 0.2) is 0 Å². The lowest BCUT2D eigenvalue weighted by Crippen LogP contribution is -2.56. The summed E-state index contributed by atoms with van der Waals surface area (Å²) in [5.74, 6) is -1.24. The van der Waals surface area contributed by atoms with Gasteiger partial charge in [0.25, 0.3) is 17.3 Å². The smallest absolute Gasteiger partial charge is 0.362 e. The minimum Gasteiger partial charge on any atom is -0.362 e. The fraction of sp³-hybridized carbons (Fsp3) is 0.176. The van der Waals surface area contributed by atoms with Gasteiger partial charge in [-0.25, -0.2) is 0 Å². The maximum absolute atomic E-state index is 13.6. The molecule has 1 heterocycles. The molecule has 3 rings (SSSR count). The first-order valence-corrected chi connectivity index (χ1v) is 8.54. The molecule has 1 N–H and O–H groups in total. The van der Waals surface area contributed by atoms with Gasteiger partial charge in [-0.1, -0.05) is 28.1 Å². The minimum atomic E-state index is -5.18. The molecule has 0 fully saturated rings. The highest BCUT2D eigenvalue weighted by Gasteiger charge is 2.63. The Morgan fingerprint density at radius 2 is 1.89 bits per heavy atom. The van der Waals surface area contributed by atoms with E-state index in [2.05, 4.69) is 21.0 Å². The highest BCUT2D eigenvalue weighted by Crippen LogP contribution is 2.42. The zero-order valence-corrected chi connectivity index (χ0v) is 15.4. The summed E-state index contributed by atoms with van der Waals surface area (Å²) in [6.07, 6.45) is -6.13. The van der Waals surface area contributed by atoms with Crippen LogP contribution in [0.2, 0.25) is 0 Å². The molecule has 0 aromatic heterocycles. The van der Waals surface area contributed by atoms with Crippen molar-refractivity contribution in [2.45, 2.75) is 18.3 Å². The first-order valence-electron chi connectivity index (χ1n) is 7.74. The highest BCUT2D eigenvalue weighted by atomic mass is 79.9. The van der Waals surface area contributed by atoms with Crippen LogP contribution in [0.25, 0.3) is 0 Å². The Labute approximate surface area is 164 Å². The quantitative estimate of drug-likeness (QED) is 0.558. The molecule has 1 amide bonds. The third-order valence-electron chi connectivity index (χ3n) is 4.11. The number of alkyl halides is 3. The predicted octanol–water partition coefficient (Wildman–Crippen LogP) is 3.86. The van der Waals surface area contributed by atoms with Crippen LogP contribution in [0.4, 0.5) is 18.9 Å².